The highest BCUT2D eigenvalue weighted by atomic mass is 32.1. The first-order valence-corrected chi connectivity index (χ1v) is 10.6. The van der Waals surface area contributed by atoms with Gasteiger partial charge in [0.2, 0.25) is 5.91 Å². The van der Waals surface area contributed by atoms with Gasteiger partial charge in [-0.05, 0) is 43.2 Å². The van der Waals surface area contributed by atoms with Gasteiger partial charge in [0.05, 0.1) is 12.6 Å². The van der Waals surface area contributed by atoms with Gasteiger partial charge in [-0.1, -0.05) is 12.1 Å². The number of thiophene rings is 1. The molecular formula is C20H30N4O2S. The summed E-state index contributed by atoms with van der Waals surface area (Å²) in [6, 6.07) is 4.57. The van der Waals surface area contributed by atoms with E-state index in [1.54, 1.807) is 30.3 Å². The molecule has 0 spiro atoms. The van der Waals surface area contributed by atoms with Crippen LogP contribution in [0.15, 0.2) is 23.6 Å². The number of nitrogens with zero attached hydrogens (tertiary/aromatic N) is 3. The van der Waals surface area contributed by atoms with Crippen LogP contribution in [-0.4, -0.2) is 79.0 Å². The zero-order valence-electron chi connectivity index (χ0n) is 16.3. The van der Waals surface area contributed by atoms with Crippen molar-refractivity contribution in [2.24, 2.45) is 0 Å². The summed E-state index contributed by atoms with van der Waals surface area (Å²) in [5, 5.41) is 5.28. The third-order valence-corrected chi connectivity index (χ3v) is 6.20. The second kappa shape index (κ2) is 9.37. The lowest BCUT2D eigenvalue weighted by atomic mass is 10.1. The van der Waals surface area contributed by atoms with Crippen LogP contribution in [0.3, 0.4) is 0 Å². The quantitative estimate of drug-likeness (QED) is 0.840. The Morgan fingerprint density at radius 2 is 2.04 bits per heavy atom. The predicted octanol–water partition coefficient (Wildman–Crippen LogP) is 2.49. The molecule has 1 aromatic rings. The van der Waals surface area contributed by atoms with Crippen LogP contribution >= 0.6 is 11.3 Å². The normalized spacial score (nSPS) is 21.7. The maximum Gasteiger partial charge on any atom is 0.318 e. The molecule has 7 heteroatoms. The Bertz CT molecular complexity index is 651. The molecule has 2 aliphatic heterocycles. The minimum atomic E-state index is 0.0520. The van der Waals surface area contributed by atoms with E-state index >= 15 is 0 Å². The van der Waals surface area contributed by atoms with Crippen molar-refractivity contribution in [3.05, 3.63) is 28.5 Å². The molecule has 0 aliphatic carbocycles. The van der Waals surface area contributed by atoms with E-state index in [1.807, 2.05) is 11.0 Å². The molecule has 27 heavy (non-hydrogen) atoms. The highest BCUT2D eigenvalue weighted by Crippen LogP contribution is 2.21. The van der Waals surface area contributed by atoms with Gasteiger partial charge < -0.3 is 15.1 Å². The molecule has 0 aromatic carbocycles. The number of amides is 3. The zero-order valence-corrected chi connectivity index (χ0v) is 17.1. The number of rotatable bonds is 5. The van der Waals surface area contributed by atoms with E-state index in [0.29, 0.717) is 6.54 Å². The van der Waals surface area contributed by atoms with Gasteiger partial charge in [0, 0.05) is 44.6 Å². The van der Waals surface area contributed by atoms with E-state index in [-0.39, 0.29) is 24.0 Å². The summed E-state index contributed by atoms with van der Waals surface area (Å²) in [6.07, 6.45) is 8.17. The van der Waals surface area contributed by atoms with Crippen molar-refractivity contribution in [3.8, 4) is 0 Å². The number of hydrogen-bond acceptors (Lipinski definition) is 4. The zero-order chi connectivity index (χ0) is 19.2. The smallest absolute Gasteiger partial charge is 0.318 e. The number of likely N-dealkylation sites (N-methyl/N-ethyl adjacent to an activating group) is 1. The lowest BCUT2D eigenvalue weighted by Crippen LogP contribution is -2.51. The number of urea groups is 1. The molecule has 6 nitrogen and oxygen atoms in total. The van der Waals surface area contributed by atoms with E-state index in [2.05, 4.69) is 33.8 Å². The SMILES string of the molecule is CN(C)C(=O)CN1CCC(NC(=O)N2CCCC2/C=C/c2cccs2)CC1. The van der Waals surface area contributed by atoms with E-state index in [4.69, 9.17) is 0 Å². The number of carbonyl (C=O) groups excluding carboxylic acids is 2. The molecule has 3 rings (SSSR count). The maximum atomic E-state index is 12.7. The van der Waals surface area contributed by atoms with Crippen LogP contribution in [0.4, 0.5) is 4.79 Å². The van der Waals surface area contributed by atoms with Gasteiger partial charge >= 0.3 is 6.03 Å². The Kier molecular flexibility index (Phi) is 6.90. The summed E-state index contributed by atoms with van der Waals surface area (Å²) in [5.41, 5.74) is 0. The minimum Gasteiger partial charge on any atom is -0.348 e. The monoisotopic (exact) mass is 390 g/mol. The second-order valence-corrected chi connectivity index (χ2v) is 8.54. The number of nitrogens with one attached hydrogen (secondary N) is 1. The van der Waals surface area contributed by atoms with Crippen molar-refractivity contribution in [3.63, 3.8) is 0 Å². The molecule has 0 radical (unpaired) electrons. The molecule has 1 N–H and O–H groups in total. The third kappa shape index (κ3) is 5.56. The topological polar surface area (TPSA) is 55.9 Å². The molecule has 148 valence electrons. The van der Waals surface area contributed by atoms with Crippen LogP contribution in [-0.2, 0) is 4.79 Å². The van der Waals surface area contributed by atoms with Gasteiger partial charge in [-0.2, -0.15) is 0 Å². The van der Waals surface area contributed by atoms with E-state index in [1.165, 1.54) is 4.88 Å². The van der Waals surface area contributed by atoms with Gasteiger partial charge in [0.25, 0.3) is 0 Å². The number of carbonyl (C=O) groups is 2. The molecule has 3 heterocycles. The Balaban J connectivity index is 1.45. The average Bonchev–Trinajstić information content (AvgIpc) is 3.33. The lowest BCUT2D eigenvalue weighted by molar-refractivity contribution is -0.130. The molecule has 1 unspecified atom stereocenters. The van der Waals surface area contributed by atoms with Crippen LogP contribution in [0.2, 0.25) is 0 Å². The number of likely N-dealkylation sites (tertiary alicyclic amines) is 2. The van der Waals surface area contributed by atoms with Crippen LogP contribution in [0.25, 0.3) is 6.08 Å². The largest absolute Gasteiger partial charge is 0.348 e. The first-order valence-electron chi connectivity index (χ1n) is 9.74. The molecule has 2 aliphatic rings. The molecule has 1 atom stereocenters. The van der Waals surface area contributed by atoms with E-state index in [9.17, 15) is 9.59 Å². The number of hydrogen-bond donors (Lipinski definition) is 1. The van der Waals surface area contributed by atoms with E-state index < -0.39 is 0 Å². The summed E-state index contributed by atoms with van der Waals surface area (Å²) in [6.45, 7) is 3.00. The Morgan fingerprint density at radius 3 is 2.70 bits per heavy atom. The fraction of sp³-hybridized carbons (Fsp3) is 0.600. The molecule has 0 saturated carbocycles. The molecular weight excluding hydrogens is 360 g/mol. The van der Waals surface area contributed by atoms with Crippen LogP contribution < -0.4 is 5.32 Å². The first kappa shape index (κ1) is 19.9. The molecule has 1 aromatic heterocycles. The van der Waals surface area contributed by atoms with Gasteiger partial charge in [-0.15, -0.1) is 11.3 Å². The van der Waals surface area contributed by atoms with Gasteiger partial charge in [0.15, 0.2) is 0 Å². The van der Waals surface area contributed by atoms with Gasteiger partial charge in [0.1, 0.15) is 0 Å². The Morgan fingerprint density at radius 1 is 1.26 bits per heavy atom. The summed E-state index contributed by atoms with van der Waals surface area (Å²) in [5.74, 6) is 0.134. The maximum absolute atomic E-state index is 12.7. The van der Waals surface area contributed by atoms with Crippen molar-refractivity contribution in [1.29, 1.82) is 0 Å². The highest BCUT2D eigenvalue weighted by Gasteiger charge is 2.29. The fourth-order valence-electron chi connectivity index (χ4n) is 3.66. The van der Waals surface area contributed by atoms with Crippen LogP contribution in [0, 0.1) is 0 Å². The van der Waals surface area contributed by atoms with Crippen LogP contribution in [0.1, 0.15) is 30.6 Å². The fourth-order valence-corrected chi connectivity index (χ4v) is 4.29. The molecule has 2 saturated heterocycles. The molecule has 3 amide bonds. The van der Waals surface area contributed by atoms with Crippen molar-refractivity contribution >= 4 is 29.4 Å². The minimum absolute atomic E-state index is 0.0520. The summed E-state index contributed by atoms with van der Waals surface area (Å²) < 4.78 is 0. The second-order valence-electron chi connectivity index (χ2n) is 7.57. The van der Waals surface area contributed by atoms with Crippen LogP contribution in [0.5, 0.6) is 0 Å². The van der Waals surface area contributed by atoms with Crippen molar-refractivity contribution in [1.82, 2.24) is 20.0 Å². The highest BCUT2D eigenvalue weighted by molar-refractivity contribution is 7.10. The Labute approximate surface area is 165 Å². The Hall–Kier alpha value is -1.86. The molecule has 2 fully saturated rings. The standard InChI is InChI=1S/C20H30N4O2S/c1-22(2)19(25)15-23-12-9-16(10-13-23)21-20(26)24-11-3-5-17(24)7-8-18-6-4-14-27-18/h4,6-8,14,16-17H,3,5,9-13,15H2,1-2H3,(H,21,26)/b8-7+. The van der Waals surface area contributed by atoms with Crippen molar-refractivity contribution < 1.29 is 9.59 Å². The summed E-state index contributed by atoms with van der Waals surface area (Å²) in [4.78, 5) is 31.6. The molecule has 0 bridgehead atoms. The third-order valence-electron chi connectivity index (χ3n) is 5.36. The predicted molar refractivity (Wildman–Crippen MR) is 110 cm³/mol. The van der Waals surface area contributed by atoms with Gasteiger partial charge in [-0.25, -0.2) is 4.79 Å². The average molecular weight is 391 g/mol. The van der Waals surface area contributed by atoms with Crippen molar-refractivity contribution in [2.75, 3.05) is 40.3 Å². The van der Waals surface area contributed by atoms with Gasteiger partial charge in [-0.3, -0.25) is 9.69 Å². The first-order chi connectivity index (χ1) is 13.0. The van der Waals surface area contributed by atoms with Crippen molar-refractivity contribution in [2.45, 2.75) is 37.8 Å². The summed E-state index contributed by atoms with van der Waals surface area (Å²) >= 11 is 1.71. The lowest BCUT2D eigenvalue weighted by Gasteiger charge is -2.34. The van der Waals surface area contributed by atoms with E-state index in [0.717, 1.165) is 45.3 Å². The summed E-state index contributed by atoms with van der Waals surface area (Å²) in [7, 11) is 3.57. The number of piperidine rings is 1.